The molecule has 3 heterocycles. The molecule has 9 nitrogen and oxygen atoms in total. The lowest BCUT2D eigenvalue weighted by Crippen LogP contribution is -2.37. The summed E-state index contributed by atoms with van der Waals surface area (Å²) in [5.41, 5.74) is 4.64. The van der Waals surface area contributed by atoms with E-state index >= 15 is 0 Å². The smallest absolute Gasteiger partial charge is 0.341 e. The van der Waals surface area contributed by atoms with Gasteiger partial charge in [-0.25, -0.2) is 14.1 Å². The molecule has 0 N–H and O–H groups in total. The maximum absolute atomic E-state index is 13.6. The fraction of sp³-hybridized carbons (Fsp3) is 0.323. The maximum atomic E-state index is 13.6. The Morgan fingerprint density at radius 2 is 1.50 bits per heavy atom. The van der Waals surface area contributed by atoms with Crippen LogP contribution in [0.4, 0.5) is 11.5 Å². The number of anilines is 2. The first-order chi connectivity index (χ1) is 19.4. The molecule has 0 amide bonds. The summed E-state index contributed by atoms with van der Waals surface area (Å²) < 4.78 is 18.3. The van der Waals surface area contributed by atoms with Crippen LogP contribution in [0, 0.1) is 0 Å². The van der Waals surface area contributed by atoms with Crippen LogP contribution in [0.3, 0.4) is 0 Å². The van der Waals surface area contributed by atoms with Gasteiger partial charge in [-0.3, -0.25) is 0 Å². The summed E-state index contributed by atoms with van der Waals surface area (Å²) in [6.45, 7) is 6.34. The number of fused-ring (bicyclic) bond motifs is 1. The summed E-state index contributed by atoms with van der Waals surface area (Å²) in [4.78, 5) is 31.4. The fourth-order valence-electron chi connectivity index (χ4n) is 5.01. The molecule has 40 heavy (non-hydrogen) atoms. The molecular formula is C31H34N4O5. The number of hydrogen-bond donors (Lipinski definition) is 0. The number of carbonyl (C=O) groups excluding carboxylic acids is 2. The van der Waals surface area contributed by atoms with Crippen LogP contribution in [-0.4, -0.2) is 75.2 Å². The standard InChI is InChI=1S/C31H34N4O5/c1-5-39-30(36)26-27(31(37)40-6-2)29-24(21-10-8-7-9-11-21)20-25(34-16-18-38-19-17-34)32-35(29)28(26)22-12-14-23(15-13-22)33(3)4/h7-15,20H,5-6,16-19H2,1-4H3. The number of nitrogens with zero attached hydrogens (tertiary/aromatic N) is 4. The average Bonchev–Trinajstić information content (AvgIpc) is 3.33. The van der Waals surface area contributed by atoms with Crippen LogP contribution in [-0.2, 0) is 14.2 Å². The summed E-state index contributed by atoms with van der Waals surface area (Å²) in [6, 6.07) is 19.6. The van der Waals surface area contributed by atoms with Gasteiger partial charge in [0.2, 0.25) is 0 Å². The van der Waals surface area contributed by atoms with Crippen LogP contribution < -0.4 is 9.80 Å². The third-order valence-electron chi connectivity index (χ3n) is 6.91. The summed E-state index contributed by atoms with van der Waals surface area (Å²) in [5.74, 6) is -0.478. The fourth-order valence-corrected chi connectivity index (χ4v) is 5.01. The number of benzene rings is 2. The number of aromatic nitrogens is 2. The molecule has 2 aromatic carbocycles. The number of rotatable bonds is 8. The lowest BCUT2D eigenvalue weighted by atomic mass is 10.0. The van der Waals surface area contributed by atoms with Crippen molar-refractivity contribution in [3.8, 4) is 22.4 Å². The Hall–Kier alpha value is -4.37. The topological polar surface area (TPSA) is 85.6 Å². The summed E-state index contributed by atoms with van der Waals surface area (Å²) in [6.07, 6.45) is 0. The van der Waals surface area contributed by atoms with E-state index in [9.17, 15) is 9.59 Å². The van der Waals surface area contributed by atoms with E-state index in [4.69, 9.17) is 19.3 Å². The first kappa shape index (κ1) is 27.2. The Bertz CT molecular complexity index is 1510. The summed E-state index contributed by atoms with van der Waals surface area (Å²) >= 11 is 0. The molecule has 1 aliphatic rings. The minimum Gasteiger partial charge on any atom is -0.462 e. The summed E-state index contributed by atoms with van der Waals surface area (Å²) in [7, 11) is 3.93. The second-order valence-electron chi connectivity index (χ2n) is 9.62. The molecule has 208 valence electrons. The van der Waals surface area contributed by atoms with E-state index in [0.29, 0.717) is 37.5 Å². The Morgan fingerprint density at radius 3 is 2.10 bits per heavy atom. The van der Waals surface area contributed by atoms with E-state index in [1.54, 1.807) is 18.4 Å². The minimum absolute atomic E-state index is 0.140. The lowest BCUT2D eigenvalue weighted by Gasteiger charge is -2.28. The molecule has 1 aliphatic heterocycles. The van der Waals surface area contributed by atoms with Crippen LogP contribution in [0.15, 0.2) is 60.7 Å². The van der Waals surface area contributed by atoms with Gasteiger partial charge >= 0.3 is 11.9 Å². The highest BCUT2D eigenvalue weighted by molar-refractivity contribution is 6.15. The first-order valence-corrected chi connectivity index (χ1v) is 13.5. The third kappa shape index (κ3) is 5.12. The van der Waals surface area contributed by atoms with Crippen molar-refractivity contribution in [1.29, 1.82) is 0 Å². The number of esters is 2. The van der Waals surface area contributed by atoms with Crippen molar-refractivity contribution in [2.45, 2.75) is 13.8 Å². The molecule has 1 fully saturated rings. The molecule has 0 radical (unpaired) electrons. The zero-order valence-electron chi connectivity index (χ0n) is 23.3. The largest absolute Gasteiger partial charge is 0.462 e. The van der Waals surface area contributed by atoms with Gasteiger partial charge in [-0.1, -0.05) is 42.5 Å². The molecule has 0 saturated carbocycles. The zero-order valence-corrected chi connectivity index (χ0v) is 23.3. The Morgan fingerprint density at radius 1 is 0.875 bits per heavy atom. The molecular weight excluding hydrogens is 508 g/mol. The van der Waals surface area contributed by atoms with Crippen LogP contribution >= 0.6 is 0 Å². The van der Waals surface area contributed by atoms with E-state index in [0.717, 1.165) is 28.2 Å². The van der Waals surface area contributed by atoms with Gasteiger partial charge in [0.25, 0.3) is 0 Å². The van der Waals surface area contributed by atoms with E-state index in [1.165, 1.54) is 0 Å². The van der Waals surface area contributed by atoms with Gasteiger partial charge in [-0.2, -0.15) is 0 Å². The highest BCUT2D eigenvalue weighted by Crippen LogP contribution is 2.39. The van der Waals surface area contributed by atoms with Crippen LogP contribution in [0.1, 0.15) is 34.6 Å². The molecule has 0 spiro atoms. The lowest BCUT2D eigenvalue weighted by molar-refractivity contribution is 0.0482. The number of morpholine rings is 1. The molecule has 4 aromatic rings. The minimum atomic E-state index is -0.602. The average molecular weight is 543 g/mol. The second-order valence-corrected chi connectivity index (χ2v) is 9.62. The molecule has 0 aliphatic carbocycles. The van der Waals surface area contributed by atoms with Crippen molar-refractivity contribution in [3.63, 3.8) is 0 Å². The second kappa shape index (κ2) is 11.8. The van der Waals surface area contributed by atoms with Gasteiger partial charge in [0.1, 0.15) is 16.9 Å². The van der Waals surface area contributed by atoms with Gasteiger partial charge in [0.05, 0.1) is 37.6 Å². The highest BCUT2D eigenvalue weighted by atomic mass is 16.5. The van der Waals surface area contributed by atoms with Crippen molar-refractivity contribution in [3.05, 3.63) is 71.8 Å². The molecule has 9 heteroatoms. The number of ether oxygens (including phenoxy) is 3. The molecule has 1 saturated heterocycles. The van der Waals surface area contributed by atoms with E-state index in [1.807, 2.05) is 79.7 Å². The van der Waals surface area contributed by atoms with Gasteiger partial charge in [0, 0.05) is 44.0 Å². The van der Waals surface area contributed by atoms with Crippen molar-refractivity contribution in [1.82, 2.24) is 9.61 Å². The third-order valence-corrected chi connectivity index (χ3v) is 6.91. The van der Waals surface area contributed by atoms with Crippen molar-refractivity contribution < 1.29 is 23.8 Å². The monoisotopic (exact) mass is 542 g/mol. The number of carbonyl (C=O) groups is 2. The highest BCUT2D eigenvalue weighted by Gasteiger charge is 2.34. The van der Waals surface area contributed by atoms with Crippen LogP contribution in [0.25, 0.3) is 27.9 Å². The Labute approximate surface area is 233 Å². The molecule has 0 atom stereocenters. The number of hydrogen-bond acceptors (Lipinski definition) is 8. The van der Waals surface area contributed by atoms with E-state index in [-0.39, 0.29) is 24.3 Å². The predicted octanol–water partition coefficient (Wildman–Crippen LogP) is 4.92. The predicted molar refractivity (Wildman–Crippen MR) is 155 cm³/mol. The molecule has 0 unspecified atom stereocenters. The normalized spacial score (nSPS) is 13.3. The van der Waals surface area contributed by atoms with E-state index < -0.39 is 11.9 Å². The maximum Gasteiger partial charge on any atom is 0.341 e. The zero-order chi connectivity index (χ0) is 28.2. The van der Waals surface area contributed by atoms with Crippen molar-refractivity contribution >= 4 is 29.0 Å². The Balaban J connectivity index is 1.91. The van der Waals surface area contributed by atoms with Crippen molar-refractivity contribution in [2.75, 3.05) is 63.4 Å². The SMILES string of the molecule is CCOC(=O)c1c(C(=O)OCC)c2c(-c3ccccc3)cc(N3CCOCC3)nn2c1-c1ccc(N(C)C)cc1. The van der Waals surface area contributed by atoms with Gasteiger partial charge in [-0.05, 0) is 37.6 Å². The molecule has 5 rings (SSSR count). The Kier molecular flexibility index (Phi) is 8.02. The molecule has 0 bridgehead atoms. The van der Waals surface area contributed by atoms with E-state index in [2.05, 4.69) is 4.90 Å². The summed E-state index contributed by atoms with van der Waals surface area (Å²) in [5, 5.41) is 5.05. The van der Waals surface area contributed by atoms with Gasteiger partial charge in [-0.15, -0.1) is 5.10 Å². The van der Waals surface area contributed by atoms with Gasteiger partial charge in [0.15, 0.2) is 0 Å². The first-order valence-electron chi connectivity index (χ1n) is 13.5. The quantitative estimate of drug-likeness (QED) is 0.290. The van der Waals surface area contributed by atoms with Crippen LogP contribution in [0.5, 0.6) is 0 Å². The van der Waals surface area contributed by atoms with Gasteiger partial charge < -0.3 is 24.0 Å². The molecule has 2 aromatic heterocycles. The van der Waals surface area contributed by atoms with Crippen LogP contribution in [0.2, 0.25) is 0 Å². The van der Waals surface area contributed by atoms with Crippen molar-refractivity contribution in [2.24, 2.45) is 0 Å².